The number of hydrogen-bond donors (Lipinski definition) is 1. The van der Waals surface area contributed by atoms with Crippen LogP contribution in [0.15, 0.2) is 66.7 Å². The lowest BCUT2D eigenvalue weighted by atomic mass is 10.1. The van der Waals surface area contributed by atoms with Gasteiger partial charge in [-0.05, 0) is 66.9 Å². The van der Waals surface area contributed by atoms with Crippen molar-refractivity contribution in [1.29, 1.82) is 0 Å². The molecule has 0 aliphatic carbocycles. The average molecular weight is 475 g/mol. The number of nitrogens with zero attached hydrogens (tertiary/aromatic N) is 1. The first-order valence-corrected chi connectivity index (χ1v) is 11.7. The van der Waals surface area contributed by atoms with Gasteiger partial charge in [-0.1, -0.05) is 25.1 Å². The van der Waals surface area contributed by atoms with E-state index >= 15 is 0 Å². The van der Waals surface area contributed by atoms with E-state index in [2.05, 4.69) is 5.32 Å². The Balaban J connectivity index is 1.53. The zero-order valence-corrected chi connectivity index (χ0v) is 20.2. The van der Waals surface area contributed by atoms with Crippen molar-refractivity contribution in [2.24, 2.45) is 0 Å². The molecule has 35 heavy (non-hydrogen) atoms. The van der Waals surface area contributed by atoms with Gasteiger partial charge in [0, 0.05) is 29.9 Å². The Hall–Kier alpha value is -4.00. The second kappa shape index (κ2) is 11.0. The lowest BCUT2D eigenvalue weighted by molar-refractivity contribution is -0.138. The minimum Gasteiger partial charge on any atom is -0.497 e. The molecule has 1 aliphatic rings. The van der Waals surface area contributed by atoms with Crippen molar-refractivity contribution < 1.29 is 23.8 Å². The number of para-hydroxylation sites is 1. The van der Waals surface area contributed by atoms with Crippen molar-refractivity contribution in [3.05, 3.63) is 83.4 Å². The van der Waals surface area contributed by atoms with Gasteiger partial charge in [-0.25, -0.2) is 0 Å². The second-order valence-corrected chi connectivity index (χ2v) is 8.34. The van der Waals surface area contributed by atoms with E-state index in [1.165, 1.54) is 0 Å². The maximum absolute atomic E-state index is 13.2. The number of methoxy groups -OCH3 is 2. The molecule has 4 rings (SSSR count). The van der Waals surface area contributed by atoms with Gasteiger partial charge in [0.15, 0.2) is 6.10 Å². The van der Waals surface area contributed by atoms with Crippen LogP contribution < -0.4 is 19.5 Å². The van der Waals surface area contributed by atoms with Crippen LogP contribution in [-0.4, -0.2) is 43.6 Å². The first-order chi connectivity index (χ1) is 17.0. The monoisotopic (exact) mass is 474 g/mol. The quantitative estimate of drug-likeness (QED) is 0.512. The highest BCUT2D eigenvalue weighted by Crippen LogP contribution is 2.30. The lowest BCUT2D eigenvalue weighted by Gasteiger charge is -2.23. The van der Waals surface area contributed by atoms with Gasteiger partial charge in [-0.2, -0.15) is 0 Å². The molecule has 1 N–H and O–H groups in total. The molecule has 0 aromatic heterocycles. The molecule has 3 aromatic rings. The minimum atomic E-state index is -0.548. The topological polar surface area (TPSA) is 77.1 Å². The lowest BCUT2D eigenvalue weighted by Crippen LogP contribution is -2.40. The number of anilines is 1. The highest BCUT2D eigenvalue weighted by atomic mass is 16.5. The second-order valence-electron chi connectivity index (χ2n) is 8.34. The largest absolute Gasteiger partial charge is 0.497 e. The summed E-state index contributed by atoms with van der Waals surface area (Å²) in [5.74, 6) is 1.89. The van der Waals surface area contributed by atoms with Gasteiger partial charge in [-0.3, -0.25) is 9.59 Å². The molecule has 0 radical (unpaired) electrons. The Labute approximate surface area is 205 Å². The van der Waals surface area contributed by atoms with E-state index in [4.69, 9.17) is 14.2 Å². The van der Waals surface area contributed by atoms with Gasteiger partial charge >= 0.3 is 0 Å². The van der Waals surface area contributed by atoms with Crippen molar-refractivity contribution in [3.63, 3.8) is 0 Å². The summed E-state index contributed by atoms with van der Waals surface area (Å²) in [6.45, 7) is 2.86. The summed E-state index contributed by atoms with van der Waals surface area (Å²) >= 11 is 0. The van der Waals surface area contributed by atoms with Crippen LogP contribution in [0.5, 0.6) is 17.2 Å². The number of amides is 2. The molecule has 1 aliphatic heterocycles. The summed E-state index contributed by atoms with van der Waals surface area (Å²) in [6.07, 6.45) is 0.683. The van der Waals surface area contributed by atoms with Crippen LogP contribution in [0.3, 0.4) is 0 Å². The van der Waals surface area contributed by atoms with E-state index in [1.54, 1.807) is 44.6 Å². The Kier molecular flexibility index (Phi) is 7.55. The molecule has 182 valence electrons. The van der Waals surface area contributed by atoms with E-state index in [9.17, 15) is 9.59 Å². The van der Waals surface area contributed by atoms with Crippen molar-refractivity contribution in [1.82, 2.24) is 4.90 Å². The summed E-state index contributed by atoms with van der Waals surface area (Å²) in [7, 11) is 3.23. The van der Waals surface area contributed by atoms with Crippen LogP contribution in [0.1, 0.15) is 34.8 Å². The Morgan fingerprint density at radius 3 is 2.54 bits per heavy atom. The highest BCUT2D eigenvalue weighted by Gasteiger charge is 2.30. The summed E-state index contributed by atoms with van der Waals surface area (Å²) in [5.41, 5.74) is 3.06. The minimum absolute atomic E-state index is 0.0394. The first kappa shape index (κ1) is 24.1. The van der Waals surface area contributed by atoms with Crippen molar-refractivity contribution in [2.75, 3.05) is 26.1 Å². The summed E-state index contributed by atoms with van der Waals surface area (Å²) in [5, 5.41) is 2.94. The normalized spacial score (nSPS) is 15.0. The average Bonchev–Trinajstić information content (AvgIpc) is 3.03. The molecule has 0 saturated heterocycles. The zero-order chi connectivity index (χ0) is 24.8. The Morgan fingerprint density at radius 2 is 1.83 bits per heavy atom. The molecule has 0 spiro atoms. The SMILES string of the molecule is CCC1Oc2ccc(NC(=O)c3ccc(OC)cc3)cc2CN(CCc2ccccc2OC)C1=O. The van der Waals surface area contributed by atoms with E-state index in [-0.39, 0.29) is 11.8 Å². The van der Waals surface area contributed by atoms with Gasteiger partial charge in [-0.15, -0.1) is 0 Å². The van der Waals surface area contributed by atoms with Crippen LogP contribution >= 0.6 is 0 Å². The molecule has 0 fully saturated rings. The van der Waals surface area contributed by atoms with Crippen LogP contribution in [0.4, 0.5) is 5.69 Å². The standard InChI is InChI=1S/C28H30N2O5/c1-4-24-28(32)30(16-15-19-7-5-6-8-25(19)34-3)18-21-17-22(11-14-26(21)35-24)29-27(31)20-9-12-23(33-2)13-10-20/h5-14,17,24H,4,15-16,18H2,1-3H3,(H,29,31). The summed E-state index contributed by atoms with van der Waals surface area (Å²) < 4.78 is 16.7. The third kappa shape index (κ3) is 5.57. The number of rotatable bonds is 8. The van der Waals surface area contributed by atoms with Gasteiger partial charge in [0.25, 0.3) is 11.8 Å². The Morgan fingerprint density at radius 1 is 1.06 bits per heavy atom. The molecule has 1 heterocycles. The fourth-order valence-corrected chi connectivity index (χ4v) is 4.14. The number of benzene rings is 3. The summed E-state index contributed by atoms with van der Waals surface area (Å²) in [6, 6.07) is 20.2. The predicted molar refractivity (Wildman–Crippen MR) is 134 cm³/mol. The molecular formula is C28H30N2O5. The molecule has 7 heteroatoms. The fourth-order valence-electron chi connectivity index (χ4n) is 4.14. The van der Waals surface area contributed by atoms with Crippen molar-refractivity contribution >= 4 is 17.5 Å². The number of ether oxygens (including phenoxy) is 3. The van der Waals surface area contributed by atoms with Gasteiger partial charge in [0.1, 0.15) is 17.2 Å². The Bertz CT molecular complexity index is 1190. The molecular weight excluding hydrogens is 444 g/mol. The van der Waals surface area contributed by atoms with Gasteiger partial charge in [0.05, 0.1) is 14.2 Å². The molecule has 0 saturated carbocycles. The van der Waals surface area contributed by atoms with Crippen molar-refractivity contribution in [2.45, 2.75) is 32.4 Å². The number of hydrogen-bond acceptors (Lipinski definition) is 5. The van der Waals surface area contributed by atoms with Crippen LogP contribution in [0.2, 0.25) is 0 Å². The van der Waals surface area contributed by atoms with E-state index in [0.29, 0.717) is 48.7 Å². The van der Waals surface area contributed by atoms with Crippen molar-refractivity contribution in [3.8, 4) is 17.2 Å². The smallest absolute Gasteiger partial charge is 0.263 e. The van der Waals surface area contributed by atoms with Gasteiger partial charge < -0.3 is 24.4 Å². The van der Waals surface area contributed by atoms with E-state index < -0.39 is 6.10 Å². The highest BCUT2D eigenvalue weighted by molar-refractivity contribution is 6.04. The maximum Gasteiger partial charge on any atom is 0.263 e. The van der Waals surface area contributed by atoms with Crippen LogP contribution in [0.25, 0.3) is 0 Å². The molecule has 7 nitrogen and oxygen atoms in total. The third-order valence-corrected chi connectivity index (χ3v) is 6.10. The number of carbonyl (C=O) groups excluding carboxylic acids is 2. The predicted octanol–water partition coefficient (Wildman–Crippen LogP) is 4.70. The number of carbonyl (C=O) groups is 2. The number of fused-ring (bicyclic) bond motifs is 1. The first-order valence-electron chi connectivity index (χ1n) is 11.7. The number of nitrogens with one attached hydrogen (secondary N) is 1. The van der Waals surface area contributed by atoms with Crippen LogP contribution in [-0.2, 0) is 17.8 Å². The molecule has 1 unspecified atom stereocenters. The van der Waals surface area contributed by atoms with E-state index in [1.807, 2.05) is 48.2 Å². The molecule has 2 amide bonds. The molecule has 0 bridgehead atoms. The van der Waals surface area contributed by atoms with Crippen LogP contribution in [0, 0.1) is 0 Å². The van der Waals surface area contributed by atoms with Gasteiger partial charge in [0.2, 0.25) is 0 Å². The van der Waals surface area contributed by atoms with E-state index in [0.717, 1.165) is 16.9 Å². The third-order valence-electron chi connectivity index (χ3n) is 6.10. The fraction of sp³-hybridized carbons (Fsp3) is 0.286. The zero-order valence-electron chi connectivity index (χ0n) is 20.2. The summed E-state index contributed by atoms with van der Waals surface area (Å²) in [4.78, 5) is 27.8. The molecule has 3 aromatic carbocycles. The maximum atomic E-state index is 13.2. The molecule has 1 atom stereocenters.